The zero-order valence-corrected chi connectivity index (χ0v) is 17.5. The molecule has 0 radical (unpaired) electrons. The Hall–Kier alpha value is -2.24. The number of amides is 2. The summed E-state index contributed by atoms with van der Waals surface area (Å²) < 4.78 is 0. The first-order valence-electron chi connectivity index (χ1n) is 9.89. The number of hydrogen-bond acceptors (Lipinski definition) is 3. The SMILES string of the molecule is O=C(C1CCCN1C(=O)c1cc(Cl)ccc1Cl)N1CCC(Nc2ccccc2)C1. The smallest absolute Gasteiger partial charge is 0.256 e. The maximum absolute atomic E-state index is 13.2. The van der Waals surface area contributed by atoms with E-state index < -0.39 is 6.04 Å². The van der Waals surface area contributed by atoms with Gasteiger partial charge in [0.05, 0.1) is 10.6 Å². The number of halogens is 2. The predicted octanol–water partition coefficient (Wildman–Crippen LogP) is 4.31. The van der Waals surface area contributed by atoms with E-state index in [0.717, 1.165) is 18.5 Å². The Bertz CT molecular complexity index is 906. The van der Waals surface area contributed by atoms with Gasteiger partial charge >= 0.3 is 0 Å². The highest BCUT2D eigenvalue weighted by atomic mass is 35.5. The van der Waals surface area contributed by atoms with E-state index in [1.165, 1.54) is 0 Å². The van der Waals surface area contributed by atoms with Gasteiger partial charge in [0.1, 0.15) is 6.04 Å². The average Bonchev–Trinajstić information content (AvgIpc) is 3.39. The summed E-state index contributed by atoms with van der Waals surface area (Å²) in [5.41, 5.74) is 1.41. The standard InChI is InChI=1S/C22H23Cl2N3O2/c23-15-8-9-19(24)18(13-15)21(28)27-11-4-7-20(27)22(29)26-12-10-17(14-26)25-16-5-2-1-3-6-16/h1-3,5-6,8-9,13,17,20,25H,4,7,10-12,14H2. The predicted molar refractivity (Wildman–Crippen MR) is 116 cm³/mol. The molecule has 2 aromatic rings. The van der Waals surface area contributed by atoms with E-state index in [0.29, 0.717) is 41.7 Å². The number of benzene rings is 2. The Labute approximate surface area is 180 Å². The molecule has 2 heterocycles. The number of carbonyl (C=O) groups is 2. The normalized spacial score (nSPS) is 21.4. The van der Waals surface area contributed by atoms with E-state index in [1.807, 2.05) is 35.2 Å². The lowest BCUT2D eigenvalue weighted by molar-refractivity contribution is -0.134. The maximum atomic E-state index is 13.2. The molecule has 2 atom stereocenters. The first kappa shape index (κ1) is 20.0. The van der Waals surface area contributed by atoms with E-state index in [-0.39, 0.29) is 17.9 Å². The van der Waals surface area contributed by atoms with Crippen molar-refractivity contribution in [2.24, 2.45) is 0 Å². The summed E-state index contributed by atoms with van der Waals surface area (Å²) in [6.07, 6.45) is 2.37. The van der Waals surface area contributed by atoms with Gasteiger partial charge in [-0.05, 0) is 49.6 Å². The topological polar surface area (TPSA) is 52.7 Å². The molecular weight excluding hydrogens is 409 g/mol. The Morgan fingerprint density at radius 2 is 1.79 bits per heavy atom. The second-order valence-electron chi connectivity index (χ2n) is 7.56. The number of nitrogens with zero attached hydrogens (tertiary/aromatic N) is 2. The molecule has 2 amide bonds. The zero-order chi connectivity index (χ0) is 20.4. The highest BCUT2D eigenvalue weighted by molar-refractivity contribution is 6.35. The number of nitrogens with one attached hydrogen (secondary N) is 1. The molecule has 29 heavy (non-hydrogen) atoms. The summed E-state index contributed by atoms with van der Waals surface area (Å²) in [7, 11) is 0. The van der Waals surface area contributed by atoms with Crippen molar-refractivity contribution in [1.29, 1.82) is 0 Å². The first-order valence-corrected chi connectivity index (χ1v) is 10.6. The molecule has 4 rings (SSSR count). The lowest BCUT2D eigenvalue weighted by Crippen LogP contribution is -2.47. The van der Waals surface area contributed by atoms with Crippen LogP contribution in [0.1, 0.15) is 29.6 Å². The van der Waals surface area contributed by atoms with Gasteiger partial charge in [-0.2, -0.15) is 0 Å². The molecule has 2 fully saturated rings. The van der Waals surface area contributed by atoms with Gasteiger partial charge in [0.25, 0.3) is 5.91 Å². The van der Waals surface area contributed by atoms with Crippen LogP contribution in [0.4, 0.5) is 5.69 Å². The molecule has 5 nitrogen and oxygen atoms in total. The van der Waals surface area contributed by atoms with E-state index in [2.05, 4.69) is 5.32 Å². The van der Waals surface area contributed by atoms with Gasteiger partial charge in [-0.15, -0.1) is 0 Å². The minimum atomic E-state index is -0.437. The third-order valence-electron chi connectivity index (χ3n) is 5.60. The lowest BCUT2D eigenvalue weighted by Gasteiger charge is -2.28. The lowest BCUT2D eigenvalue weighted by atomic mass is 10.1. The van der Waals surface area contributed by atoms with Crippen molar-refractivity contribution in [3.63, 3.8) is 0 Å². The largest absolute Gasteiger partial charge is 0.380 e. The van der Waals surface area contributed by atoms with Crippen LogP contribution >= 0.6 is 23.2 Å². The minimum Gasteiger partial charge on any atom is -0.380 e. The zero-order valence-electron chi connectivity index (χ0n) is 16.0. The van der Waals surface area contributed by atoms with Crippen LogP contribution in [0.15, 0.2) is 48.5 Å². The van der Waals surface area contributed by atoms with Crippen LogP contribution in [-0.2, 0) is 4.79 Å². The Kier molecular flexibility index (Phi) is 5.97. The molecule has 0 saturated carbocycles. The fourth-order valence-corrected chi connectivity index (χ4v) is 4.51. The molecular formula is C22H23Cl2N3O2. The van der Waals surface area contributed by atoms with E-state index in [4.69, 9.17) is 23.2 Å². The molecule has 2 aliphatic rings. The van der Waals surface area contributed by atoms with Crippen LogP contribution in [0.5, 0.6) is 0 Å². The monoisotopic (exact) mass is 431 g/mol. The number of hydrogen-bond donors (Lipinski definition) is 1. The van der Waals surface area contributed by atoms with Gasteiger partial charge in [0.15, 0.2) is 0 Å². The molecule has 0 aromatic heterocycles. The van der Waals surface area contributed by atoms with Crippen molar-refractivity contribution in [3.05, 3.63) is 64.1 Å². The molecule has 0 aliphatic carbocycles. The van der Waals surface area contributed by atoms with Crippen molar-refractivity contribution in [3.8, 4) is 0 Å². The second-order valence-corrected chi connectivity index (χ2v) is 8.40. The Morgan fingerprint density at radius 3 is 2.59 bits per heavy atom. The van der Waals surface area contributed by atoms with E-state index in [9.17, 15) is 9.59 Å². The number of anilines is 1. The Balaban J connectivity index is 1.43. The molecule has 0 spiro atoms. The average molecular weight is 432 g/mol. The van der Waals surface area contributed by atoms with Crippen LogP contribution in [0.25, 0.3) is 0 Å². The van der Waals surface area contributed by atoms with E-state index in [1.54, 1.807) is 23.1 Å². The van der Waals surface area contributed by atoms with Crippen LogP contribution in [0.2, 0.25) is 10.0 Å². The van der Waals surface area contributed by atoms with Crippen molar-refractivity contribution < 1.29 is 9.59 Å². The molecule has 2 unspecified atom stereocenters. The molecule has 0 bridgehead atoms. The fourth-order valence-electron chi connectivity index (χ4n) is 4.14. The fraction of sp³-hybridized carbons (Fsp3) is 0.364. The number of rotatable bonds is 4. The molecule has 1 N–H and O–H groups in total. The summed E-state index contributed by atoms with van der Waals surface area (Å²) in [4.78, 5) is 29.8. The quantitative estimate of drug-likeness (QED) is 0.784. The summed E-state index contributed by atoms with van der Waals surface area (Å²) >= 11 is 12.3. The summed E-state index contributed by atoms with van der Waals surface area (Å²) in [6.45, 7) is 1.89. The highest BCUT2D eigenvalue weighted by Crippen LogP contribution is 2.28. The van der Waals surface area contributed by atoms with Crippen LogP contribution in [0.3, 0.4) is 0 Å². The van der Waals surface area contributed by atoms with Gasteiger partial charge in [0.2, 0.25) is 5.91 Å². The minimum absolute atomic E-state index is 0.0198. The van der Waals surface area contributed by atoms with Crippen molar-refractivity contribution in [1.82, 2.24) is 9.80 Å². The van der Waals surface area contributed by atoms with Gasteiger partial charge in [0, 0.05) is 36.4 Å². The van der Waals surface area contributed by atoms with Crippen LogP contribution in [-0.4, -0.2) is 53.3 Å². The molecule has 7 heteroatoms. The van der Waals surface area contributed by atoms with Crippen LogP contribution < -0.4 is 5.32 Å². The van der Waals surface area contributed by atoms with Crippen molar-refractivity contribution >= 4 is 40.7 Å². The molecule has 2 aliphatic heterocycles. The number of para-hydroxylation sites is 1. The van der Waals surface area contributed by atoms with Gasteiger partial charge in [-0.1, -0.05) is 41.4 Å². The van der Waals surface area contributed by atoms with E-state index >= 15 is 0 Å². The third kappa shape index (κ3) is 4.36. The van der Waals surface area contributed by atoms with Gasteiger partial charge < -0.3 is 15.1 Å². The highest BCUT2D eigenvalue weighted by Gasteiger charge is 2.39. The third-order valence-corrected chi connectivity index (χ3v) is 6.17. The number of carbonyl (C=O) groups excluding carboxylic acids is 2. The summed E-state index contributed by atoms with van der Waals surface area (Å²) in [6, 6.07) is 14.6. The van der Waals surface area contributed by atoms with Crippen molar-refractivity contribution in [2.45, 2.75) is 31.3 Å². The molecule has 152 valence electrons. The second kappa shape index (κ2) is 8.64. The van der Waals surface area contributed by atoms with Gasteiger partial charge in [-0.25, -0.2) is 0 Å². The Morgan fingerprint density at radius 1 is 1.00 bits per heavy atom. The summed E-state index contributed by atoms with van der Waals surface area (Å²) in [5.74, 6) is -0.210. The first-order chi connectivity index (χ1) is 14.0. The summed E-state index contributed by atoms with van der Waals surface area (Å²) in [5, 5.41) is 4.29. The van der Waals surface area contributed by atoms with Crippen molar-refractivity contribution in [2.75, 3.05) is 25.0 Å². The molecule has 2 aromatic carbocycles. The number of likely N-dealkylation sites (tertiary alicyclic amines) is 2. The molecule has 2 saturated heterocycles. The maximum Gasteiger partial charge on any atom is 0.256 e. The van der Waals surface area contributed by atoms with Crippen LogP contribution in [0, 0.1) is 0 Å². The van der Waals surface area contributed by atoms with Gasteiger partial charge in [-0.3, -0.25) is 9.59 Å².